The third-order valence-electron chi connectivity index (χ3n) is 3.50. The highest BCUT2D eigenvalue weighted by Crippen LogP contribution is 2.32. The monoisotopic (exact) mass is 286 g/mol. The topological polar surface area (TPSA) is 34.9 Å². The van der Waals surface area contributed by atoms with Crippen LogP contribution >= 0.6 is 11.8 Å². The summed E-state index contributed by atoms with van der Waals surface area (Å²) in [5.41, 5.74) is 3.89. The van der Waals surface area contributed by atoms with Gasteiger partial charge in [-0.3, -0.25) is 4.79 Å². The van der Waals surface area contributed by atoms with Gasteiger partial charge in [-0.2, -0.15) is 0 Å². The van der Waals surface area contributed by atoms with Gasteiger partial charge >= 0.3 is 0 Å². The van der Waals surface area contributed by atoms with E-state index < -0.39 is 0 Å². The standard InChI is InChI=1S/C16H18N2OS/c1-11(2)9-12-3-5-13(6-4-12)15-14(10-19)18-7-8-20-16(18)17-15/h3-6,10-11H,7-9H2,1-2H3. The van der Waals surface area contributed by atoms with E-state index in [0.717, 1.165) is 41.4 Å². The third-order valence-corrected chi connectivity index (χ3v) is 4.46. The summed E-state index contributed by atoms with van der Waals surface area (Å²) in [6.45, 7) is 5.32. The number of imidazole rings is 1. The number of thioether (sulfide) groups is 1. The summed E-state index contributed by atoms with van der Waals surface area (Å²) in [6, 6.07) is 8.43. The Bertz CT molecular complexity index is 629. The number of hydrogen-bond donors (Lipinski definition) is 0. The van der Waals surface area contributed by atoms with Crippen molar-refractivity contribution in [2.45, 2.75) is 32.0 Å². The Morgan fingerprint density at radius 1 is 1.35 bits per heavy atom. The van der Waals surface area contributed by atoms with Gasteiger partial charge in [-0.1, -0.05) is 49.9 Å². The molecule has 0 spiro atoms. The molecule has 0 N–H and O–H groups in total. The number of carbonyl (C=O) groups excluding carboxylic acids is 1. The molecule has 1 aromatic carbocycles. The Kier molecular flexibility index (Phi) is 3.66. The average Bonchev–Trinajstić information content (AvgIpc) is 2.98. The van der Waals surface area contributed by atoms with Crippen molar-refractivity contribution < 1.29 is 4.79 Å². The lowest BCUT2D eigenvalue weighted by Gasteiger charge is -2.06. The molecule has 2 heterocycles. The van der Waals surface area contributed by atoms with Gasteiger partial charge in [-0.15, -0.1) is 0 Å². The van der Waals surface area contributed by atoms with Crippen LogP contribution in [-0.4, -0.2) is 21.6 Å². The summed E-state index contributed by atoms with van der Waals surface area (Å²) in [5.74, 6) is 1.66. The first-order valence-electron chi connectivity index (χ1n) is 6.97. The van der Waals surface area contributed by atoms with E-state index in [0.29, 0.717) is 11.6 Å². The van der Waals surface area contributed by atoms with Crippen molar-refractivity contribution in [1.29, 1.82) is 0 Å². The van der Waals surface area contributed by atoms with E-state index >= 15 is 0 Å². The molecule has 0 bridgehead atoms. The number of carbonyl (C=O) groups is 1. The second-order valence-electron chi connectivity index (χ2n) is 5.54. The molecule has 0 saturated heterocycles. The molecule has 0 aliphatic carbocycles. The Hall–Kier alpha value is -1.55. The van der Waals surface area contributed by atoms with Crippen LogP contribution in [0.2, 0.25) is 0 Å². The second kappa shape index (κ2) is 5.44. The van der Waals surface area contributed by atoms with E-state index in [1.54, 1.807) is 11.8 Å². The average molecular weight is 286 g/mol. The predicted molar refractivity (Wildman–Crippen MR) is 82.3 cm³/mol. The maximum Gasteiger partial charge on any atom is 0.169 e. The maximum atomic E-state index is 11.4. The molecule has 3 nitrogen and oxygen atoms in total. The first kappa shape index (κ1) is 13.4. The first-order chi connectivity index (χ1) is 9.69. The Balaban J connectivity index is 1.95. The summed E-state index contributed by atoms with van der Waals surface area (Å²) in [5, 5.41) is 0.966. The number of rotatable bonds is 4. The van der Waals surface area contributed by atoms with Gasteiger partial charge < -0.3 is 4.57 Å². The highest BCUT2D eigenvalue weighted by atomic mass is 32.2. The fraction of sp³-hybridized carbons (Fsp3) is 0.375. The van der Waals surface area contributed by atoms with E-state index in [1.807, 2.05) is 4.57 Å². The number of hydrogen-bond acceptors (Lipinski definition) is 3. The molecule has 104 valence electrons. The fourth-order valence-electron chi connectivity index (χ4n) is 2.60. The van der Waals surface area contributed by atoms with Crippen molar-refractivity contribution in [3.05, 3.63) is 35.5 Å². The minimum absolute atomic E-state index is 0.652. The van der Waals surface area contributed by atoms with Gasteiger partial charge in [0, 0.05) is 17.9 Å². The third kappa shape index (κ3) is 2.40. The van der Waals surface area contributed by atoms with Gasteiger partial charge in [0.05, 0.1) is 0 Å². The van der Waals surface area contributed by atoms with Crippen molar-refractivity contribution in [2.24, 2.45) is 5.92 Å². The van der Waals surface area contributed by atoms with Crippen LogP contribution < -0.4 is 0 Å². The lowest BCUT2D eigenvalue weighted by Crippen LogP contribution is -2.00. The smallest absolute Gasteiger partial charge is 0.169 e. The van der Waals surface area contributed by atoms with Gasteiger partial charge in [-0.25, -0.2) is 4.98 Å². The molecule has 0 radical (unpaired) electrons. The second-order valence-corrected chi connectivity index (χ2v) is 6.60. The molecular formula is C16H18N2OS. The summed E-state index contributed by atoms with van der Waals surface area (Å²) < 4.78 is 2.02. The highest BCUT2D eigenvalue weighted by Gasteiger charge is 2.22. The van der Waals surface area contributed by atoms with Crippen LogP contribution in [0.4, 0.5) is 0 Å². The zero-order chi connectivity index (χ0) is 14.1. The predicted octanol–water partition coefficient (Wildman–Crippen LogP) is 3.67. The van der Waals surface area contributed by atoms with Crippen LogP contribution in [0.25, 0.3) is 11.3 Å². The summed E-state index contributed by atoms with van der Waals surface area (Å²) in [4.78, 5) is 16.0. The highest BCUT2D eigenvalue weighted by molar-refractivity contribution is 7.99. The minimum atomic E-state index is 0.652. The molecule has 0 unspecified atom stereocenters. The van der Waals surface area contributed by atoms with E-state index in [9.17, 15) is 4.79 Å². The molecule has 0 saturated carbocycles. The molecule has 0 amide bonds. The van der Waals surface area contributed by atoms with Crippen LogP contribution in [0.1, 0.15) is 29.9 Å². The Labute approximate surface area is 123 Å². The lowest BCUT2D eigenvalue weighted by atomic mass is 10.0. The molecule has 20 heavy (non-hydrogen) atoms. The maximum absolute atomic E-state index is 11.4. The van der Waals surface area contributed by atoms with Gasteiger partial charge in [0.15, 0.2) is 11.4 Å². The molecule has 3 rings (SSSR count). The van der Waals surface area contributed by atoms with Crippen molar-refractivity contribution in [1.82, 2.24) is 9.55 Å². The molecule has 1 aliphatic heterocycles. The van der Waals surface area contributed by atoms with E-state index in [2.05, 4.69) is 43.1 Å². The minimum Gasteiger partial charge on any atom is -0.315 e. The van der Waals surface area contributed by atoms with Gasteiger partial charge in [0.2, 0.25) is 0 Å². The zero-order valence-corrected chi connectivity index (χ0v) is 12.6. The van der Waals surface area contributed by atoms with Gasteiger partial charge in [-0.05, 0) is 17.9 Å². The van der Waals surface area contributed by atoms with Crippen LogP contribution in [0, 0.1) is 5.92 Å². The normalized spacial score (nSPS) is 13.8. The summed E-state index contributed by atoms with van der Waals surface area (Å²) >= 11 is 1.72. The molecule has 0 atom stereocenters. The van der Waals surface area contributed by atoms with Crippen molar-refractivity contribution in [3.8, 4) is 11.3 Å². The van der Waals surface area contributed by atoms with Crippen LogP contribution in [0.3, 0.4) is 0 Å². The largest absolute Gasteiger partial charge is 0.315 e. The SMILES string of the molecule is CC(C)Cc1ccc(-c2nc3n(c2C=O)CCS3)cc1. The number of fused-ring (bicyclic) bond motifs is 1. The zero-order valence-electron chi connectivity index (χ0n) is 11.8. The lowest BCUT2D eigenvalue weighted by molar-refractivity contribution is 0.111. The van der Waals surface area contributed by atoms with Crippen LogP contribution in [-0.2, 0) is 13.0 Å². The number of nitrogens with zero attached hydrogens (tertiary/aromatic N) is 2. The number of benzene rings is 1. The number of aldehydes is 1. The van der Waals surface area contributed by atoms with Crippen molar-refractivity contribution in [2.75, 3.05) is 5.75 Å². The molecule has 2 aromatic rings. The summed E-state index contributed by atoms with van der Waals surface area (Å²) in [6.07, 6.45) is 2.01. The van der Waals surface area contributed by atoms with Gasteiger partial charge in [0.25, 0.3) is 0 Å². The Morgan fingerprint density at radius 2 is 2.10 bits per heavy atom. The van der Waals surface area contributed by atoms with E-state index in [4.69, 9.17) is 0 Å². The van der Waals surface area contributed by atoms with Crippen LogP contribution in [0.5, 0.6) is 0 Å². The first-order valence-corrected chi connectivity index (χ1v) is 7.95. The van der Waals surface area contributed by atoms with Crippen molar-refractivity contribution in [3.63, 3.8) is 0 Å². The quantitative estimate of drug-likeness (QED) is 0.804. The molecule has 4 heteroatoms. The fourth-order valence-corrected chi connectivity index (χ4v) is 3.56. The molecule has 1 aliphatic rings. The van der Waals surface area contributed by atoms with E-state index in [-0.39, 0.29) is 0 Å². The molecule has 0 fully saturated rings. The number of aromatic nitrogens is 2. The van der Waals surface area contributed by atoms with Gasteiger partial charge in [0.1, 0.15) is 11.4 Å². The molecular weight excluding hydrogens is 268 g/mol. The van der Waals surface area contributed by atoms with Crippen molar-refractivity contribution >= 4 is 18.0 Å². The summed E-state index contributed by atoms with van der Waals surface area (Å²) in [7, 11) is 0. The van der Waals surface area contributed by atoms with Crippen LogP contribution in [0.15, 0.2) is 29.4 Å². The molecule has 1 aromatic heterocycles. The Morgan fingerprint density at radius 3 is 2.75 bits per heavy atom. The van der Waals surface area contributed by atoms with E-state index in [1.165, 1.54) is 5.56 Å².